The standard InChI is InChI=1S/C17H21NO4/c1-4-5-6-8-17-9-7-12-11(2)22-16(20)18(14(12)17)13(10-17)15(19)21-3/h13-14H,6-10H2,1-3H3/t13-,14-,17-/m0/s1. The number of carbonyl (C=O) groups is 2. The third-order valence-electron chi connectivity index (χ3n) is 5.32. The first-order valence-corrected chi connectivity index (χ1v) is 7.71. The van der Waals surface area contributed by atoms with Gasteiger partial charge in [-0.3, -0.25) is 4.90 Å². The van der Waals surface area contributed by atoms with Gasteiger partial charge in [0.15, 0.2) is 0 Å². The average Bonchev–Trinajstić information content (AvgIpc) is 3.01. The molecule has 0 unspecified atom stereocenters. The molecule has 2 fully saturated rings. The zero-order valence-corrected chi connectivity index (χ0v) is 13.3. The van der Waals surface area contributed by atoms with Crippen LogP contribution in [0.25, 0.3) is 0 Å². The van der Waals surface area contributed by atoms with E-state index in [1.54, 1.807) is 4.90 Å². The largest absolute Gasteiger partial charge is 0.467 e. The van der Waals surface area contributed by atoms with Crippen LogP contribution < -0.4 is 0 Å². The molecule has 0 N–H and O–H groups in total. The summed E-state index contributed by atoms with van der Waals surface area (Å²) in [6.07, 6.45) is 3.79. The Morgan fingerprint density at radius 2 is 2.32 bits per heavy atom. The van der Waals surface area contributed by atoms with E-state index in [1.807, 2.05) is 13.8 Å². The minimum Gasteiger partial charge on any atom is -0.467 e. The summed E-state index contributed by atoms with van der Waals surface area (Å²) in [6.45, 7) is 3.68. The first-order chi connectivity index (χ1) is 10.5. The maximum absolute atomic E-state index is 12.3. The first kappa shape index (κ1) is 15.0. The van der Waals surface area contributed by atoms with Crippen LogP contribution in [0.3, 0.4) is 0 Å². The lowest BCUT2D eigenvalue weighted by Crippen LogP contribution is -2.49. The fraction of sp³-hybridized carbons (Fsp3) is 0.647. The number of esters is 1. The zero-order chi connectivity index (χ0) is 15.9. The molecule has 1 amide bonds. The van der Waals surface area contributed by atoms with Crippen LogP contribution in [0.15, 0.2) is 11.3 Å². The molecule has 3 atom stereocenters. The molecule has 3 aliphatic rings. The molecule has 5 nitrogen and oxygen atoms in total. The van der Waals surface area contributed by atoms with Crippen LogP contribution in [0.4, 0.5) is 4.79 Å². The van der Waals surface area contributed by atoms with Gasteiger partial charge in [0.1, 0.15) is 11.8 Å². The molecule has 0 bridgehead atoms. The van der Waals surface area contributed by atoms with Crippen LogP contribution >= 0.6 is 0 Å². The van der Waals surface area contributed by atoms with Gasteiger partial charge >= 0.3 is 12.1 Å². The Morgan fingerprint density at radius 1 is 1.55 bits per heavy atom. The van der Waals surface area contributed by atoms with Crippen molar-refractivity contribution in [2.24, 2.45) is 5.41 Å². The number of carbonyl (C=O) groups excluding carboxylic acids is 2. The van der Waals surface area contributed by atoms with Crippen molar-refractivity contribution < 1.29 is 19.1 Å². The lowest BCUT2D eigenvalue weighted by atomic mass is 9.76. The van der Waals surface area contributed by atoms with Gasteiger partial charge in [0.25, 0.3) is 0 Å². The molecule has 2 aliphatic heterocycles. The molecule has 1 saturated heterocycles. The van der Waals surface area contributed by atoms with Crippen LogP contribution in [-0.4, -0.2) is 36.2 Å². The third kappa shape index (κ3) is 2.01. The number of ether oxygens (including phenoxy) is 2. The summed E-state index contributed by atoms with van der Waals surface area (Å²) in [5, 5.41) is 0. The second-order valence-electron chi connectivity index (χ2n) is 6.29. The van der Waals surface area contributed by atoms with Gasteiger partial charge in [-0.15, -0.1) is 11.8 Å². The Balaban J connectivity index is 2.00. The highest BCUT2D eigenvalue weighted by Crippen LogP contribution is 2.58. The van der Waals surface area contributed by atoms with E-state index in [1.165, 1.54) is 7.11 Å². The second kappa shape index (κ2) is 5.35. The quantitative estimate of drug-likeness (QED) is 0.594. The average molecular weight is 303 g/mol. The summed E-state index contributed by atoms with van der Waals surface area (Å²) in [6, 6.07) is -0.572. The molecule has 118 valence electrons. The number of allylic oxidation sites excluding steroid dienone is 1. The first-order valence-electron chi connectivity index (χ1n) is 7.71. The summed E-state index contributed by atoms with van der Waals surface area (Å²) in [4.78, 5) is 26.1. The van der Waals surface area contributed by atoms with Crippen molar-refractivity contribution in [3.8, 4) is 11.8 Å². The van der Waals surface area contributed by atoms with Gasteiger partial charge in [0.05, 0.1) is 13.2 Å². The predicted octanol–water partition coefficient (Wildman–Crippen LogP) is 2.61. The van der Waals surface area contributed by atoms with Crippen LogP contribution in [0.1, 0.15) is 46.0 Å². The van der Waals surface area contributed by atoms with Gasteiger partial charge in [-0.05, 0) is 50.5 Å². The van der Waals surface area contributed by atoms with Crippen LogP contribution in [0, 0.1) is 17.3 Å². The van der Waals surface area contributed by atoms with Gasteiger partial charge in [-0.25, -0.2) is 9.59 Å². The van der Waals surface area contributed by atoms with Crippen LogP contribution in [0.5, 0.6) is 0 Å². The summed E-state index contributed by atoms with van der Waals surface area (Å²) < 4.78 is 10.3. The molecule has 0 spiro atoms. The van der Waals surface area contributed by atoms with Crippen molar-refractivity contribution in [1.82, 2.24) is 4.90 Å². The molecule has 1 aliphatic carbocycles. The van der Waals surface area contributed by atoms with E-state index in [9.17, 15) is 9.59 Å². The molecule has 0 aromatic rings. The van der Waals surface area contributed by atoms with E-state index in [0.717, 1.165) is 31.3 Å². The lowest BCUT2D eigenvalue weighted by molar-refractivity contribution is -0.145. The maximum atomic E-state index is 12.3. The van der Waals surface area contributed by atoms with Crippen molar-refractivity contribution in [2.75, 3.05) is 7.11 Å². The monoisotopic (exact) mass is 303 g/mol. The Morgan fingerprint density at radius 3 is 3.00 bits per heavy atom. The van der Waals surface area contributed by atoms with Crippen molar-refractivity contribution in [3.63, 3.8) is 0 Å². The Labute approximate surface area is 130 Å². The maximum Gasteiger partial charge on any atom is 0.416 e. The van der Waals surface area contributed by atoms with Crippen molar-refractivity contribution in [2.45, 2.75) is 58.0 Å². The third-order valence-corrected chi connectivity index (χ3v) is 5.32. The van der Waals surface area contributed by atoms with E-state index in [2.05, 4.69) is 11.8 Å². The molecular weight excluding hydrogens is 282 g/mol. The highest BCUT2D eigenvalue weighted by molar-refractivity contribution is 5.84. The predicted molar refractivity (Wildman–Crippen MR) is 79.6 cm³/mol. The normalized spacial score (nSPS) is 32.3. The van der Waals surface area contributed by atoms with Gasteiger partial charge < -0.3 is 9.47 Å². The van der Waals surface area contributed by atoms with E-state index >= 15 is 0 Å². The summed E-state index contributed by atoms with van der Waals surface area (Å²) in [5.41, 5.74) is 1.09. The minimum atomic E-state index is -0.541. The van der Waals surface area contributed by atoms with E-state index in [-0.39, 0.29) is 17.4 Å². The fourth-order valence-electron chi connectivity index (χ4n) is 4.35. The molecule has 1 saturated carbocycles. The summed E-state index contributed by atoms with van der Waals surface area (Å²) >= 11 is 0. The number of nitrogens with zero attached hydrogens (tertiary/aromatic N) is 1. The number of hydrogen-bond acceptors (Lipinski definition) is 4. The number of hydrogen-bond donors (Lipinski definition) is 0. The Kier molecular flexibility index (Phi) is 3.64. The number of methoxy groups -OCH3 is 1. The number of rotatable bonds is 3. The highest BCUT2D eigenvalue weighted by Gasteiger charge is 2.62. The van der Waals surface area contributed by atoms with Crippen molar-refractivity contribution in [3.05, 3.63) is 11.3 Å². The molecular formula is C17H21NO4. The van der Waals surface area contributed by atoms with Crippen molar-refractivity contribution >= 4 is 12.1 Å². The van der Waals surface area contributed by atoms with Gasteiger partial charge in [0, 0.05) is 6.42 Å². The van der Waals surface area contributed by atoms with Gasteiger partial charge in [-0.1, -0.05) is 0 Å². The van der Waals surface area contributed by atoms with E-state index < -0.39 is 12.1 Å². The molecule has 0 aromatic carbocycles. The Bertz CT molecular complexity index is 612. The highest BCUT2D eigenvalue weighted by atomic mass is 16.6. The topological polar surface area (TPSA) is 55.8 Å². The molecule has 3 rings (SSSR count). The fourth-order valence-corrected chi connectivity index (χ4v) is 4.35. The number of amides is 1. The van der Waals surface area contributed by atoms with E-state index in [4.69, 9.17) is 9.47 Å². The zero-order valence-electron chi connectivity index (χ0n) is 13.3. The molecule has 0 aromatic heterocycles. The molecule has 5 heteroatoms. The smallest absolute Gasteiger partial charge is 0.416 e. The minimum absolute atomic E-state index is 0.0310. The van der Waals surface area contributed by atoms with Gasteiger partial charge in [0.2, 0.25) is 0 Å². The van der Waals surface area contributed by atoms with Crippen molar-refractivity contribution in [1.29, 1.82) is 0 Å². The summed E-state index contributed by atoms with van der Waals surface area (Å²) in [7, 11) is 1.36. The lowest BCUT2D eigenvalue weighted by Gasteiger charge is -2.36. The molecule has 0 radical (unpaired) electrons. The SMILES string of the molecule is CC#CCC[C@@]12CCC3=C(C)OC(=O)N([C@@H]31)[C@H](C(=O)OC)C2. The second-order valence-corrected chi connectivity index (χ2v) is 6.29. The number of cyclic esters (lactones) is 1. The molecule has 2 heterocycles. The van der Waals surface area contributed by atoms with Gasteiger partial charge in [-0.2, -0.15) is 0 Å². The van der Waals surface area contributed by atoms with E-state index in [0.29, 0.717) is 12.2 Å². The Hall–Kier alpha value is -1.96. The van der Waals surface area contributed by atoms with Crippen LogP contribution in [-0.2, 0) is 14.3 Å². The molecule has 22 heavy (non-hydrogen) atoms. The van der Waals surface area contributed by atoms with Crippen LogP contribution in [0.2, 0.25) is 0 Å². The summed E-state index contributed by atoms with van der Waals surface area (Å²) in [5.74, 6) is 6.39.